The predicted octanol–water partition coefficient (Wildman–Crippen LogP) is 3.98. The van der Waals surface area contributed by atoms with E-state index in [1.165, 1.54) is 16.8 Å². The second-order valence-electron chi connectivity index (χ2n) is 10.3. The summed E-state index contributed by atoms with van der Waals surface area (Å²) < 4.78 is 18.9. The molecule has 2 heterocycles. The Morgan fingerprint density at radius 2 is 1.50 bits per heavy atom. The molecular formula is C27H38N6O3. The Balaban J connectivity index is 1.75. The molecule has 0 saturated carbocycles. The van der Waals surface area contributed by atoms with Crippen LogP contribution < -0.4 is 19.1 Å². The lowest BCUT2D eigenvalue weighted by atomic mass is 10.00. The Bertz CT molecular complexity index is 1170. The van der Waals surface area contributed by atoms with Crippen LogP contribution in [0.4, 0.5) is 5.69 Å². The van der Waals surface area contributed by atoms with Gasteiger partial charge in [0.2, 0.25) is 5.75 Å². The molecule has 4 rings (SSSR count). The Labute approximate surface area is 213 Å². The van der Waals surface area contributed by atoms with Crippen molar-refractivity contribution in [1.82, 2.24) is 25.1 Å². The number of aryl methyl sites for hydroxylation is 2. The monoisotopic (exact) mass is 494 g/mol. The van der Waals surface area contributed by atoms with Crippen LogP contribution in [-0.4, -0.2) is 72.6 Å². The number of benzene rings is 2. The zero-order valence-corrected chi connectivity index (χ0v) is 22.7. The molecule has 0 spiro atoms. The molecule has 0 radical (unpaired) electrons. The average molecular weight is 495 g/mol. The highest BCUT2D eigenvalue weighted by molar-refractivity contribution is 5.56. The van der Waals surface area contributed by atoms with E-state index >= 15 is 0 Å². The normalized spacial score (nSPS) is 15.6. The van der Waals surface area contributed by atoms with Crippen LogP contribution in [0.3, 0.4) is 0 Å². The maximum Gasteiger partial charge on any atom is 0.203 e. The van der Waals surface area contributed by atoms with E-state index < -0.39 is 0 Å². The molecule has 9 heteroatoms. The number of aromatic nitrogens is 4. The third-order valence-electron chi connectivity index (χ3n) is 6.76. The minimum absolute atomic E-state index is 0.186. The number of piperazine rings is 1. The largest absolute Gasteiger partial charge is 0.493 e. The second-order valence-corrected chi connectivity index (χ2v) is 10.3. The number of nitrogens with zero attached hydrogens (tertiary/aromatic N) is 6. The van der Waals surface area contributed by atoms with Crippen molar-refractivity contribution in [1.29, 1.82) is 0 Å². The quantitative estimate of drug-likeness (QED) is 0.488. The summed E-state index contributed by atoms with van der Waals surface area (Å²) >= 11 is 0. The molecule has 1 aromatic heterocycles. The van der Waals surface area contributed by atoms with Crippen LogP contribution >= 0.6 is 0 Å². The van der Waals surface area contributed by atoms with Crippen LogP contribution in [0.15, 0.2) is 30.3 Å². The van der Waals surface area contributed by atoms with Gasteiger partial charge in [0.15, 0.2) is 17.3 Å². The molecule has 0 bridgehead atoms. The molecule has 0 N–H and O–H groups in total. The van der Waals surface area contributed by atoms with E-state index in [2.05, 4.69) is 78.1 Å². The number of ether oxygens (including phenoxy) is 3. The number of methoxy groups -OCH3 is 3. The van der Waals surface area contributed by atoms with E-state index in [0.717, 1.165) is 37.6 Å². The molecular weight excluding hydrogens is 456 g/mol. The van der Waals surface area contributed by atoms with Gasteiger partial charge in [-0.1, -0.05) is 12.1 Å². The minimum atomic E-state index is -0.280. The first-order chi connectivity index (χ1) is 17.2. The van der Waals surface area contributed by atoms with Gasteiger partial charge in [-0.25, -0.2) is 4.68 Å². The third kappa shape index (κ3) is 4.97. The summed E-state index contributed by atoms with van der Waals surface area (Å²) in [7, 11) is 4.89. The second kappa shape index (κ2) is 10.3. The molecule has 1 aliphatic heterocycles. The highest BCUT2D eigenvalue weighted by Crippen LogP contribution is 2.42. The average Bonchev–Trinajstić information content (AvgIpc) is 3.35. The van der Waals surface area contributed by atoms with Gasteiger partial charge in [0.1, 0.15) is 0 Å². The Hall–Kier alpha value is -3.33. The fraction of sp³-hybridized carbons (Fsp3) is 0.519. The number of hydrogen-bond donors (Lipinski definition) is 0. The molecule has 0 unspecified atom stereocenters. The molecule has 0 aliphatic carbocycles. The summed E-state index contributed by atoms with van der Waals surface area (Å²) in [5, 5.41) is 13.0. The summed E-state index contributed by atoms with van der Waals surface area (Å²) in [5.74, 6) is 2.58. The van der Waals surface area contributed by atoms with Gasteiger partial charge in [-0.2, -0.15) is 0 Å². The number of hydrogen-bond acceptors (Lipinski definition) is 8. The Morgan fingerprint density at radius 3 is 2.06 bits per heavy atom. The molecule has 1 saturated heterocycles. The van der Waals surface area contributed by atoms with Crippen LogP contribution in [0, 0.1) is 13.8 Å². The number of anilines is 1. The van der Waals surface area contributed by atoms with E-state index in [9.17, 15) is 0 Å². The van der Waals surface area contributed by atoms with E-state index in [0.29, 0.717) is 17.2 Å². The summed E-state index contributed by atoms with van der Waals surface area (Å²) in [5.41, 5.74) is 4.59. The SMILES string of the molecule is COc1cc([C@H](c2nnnn2C(C)(C)C)N2CCN(c3cc(C)ccc3C)CC2)cc(OC)c1OC. The molecule has 1 aliphatic rings. The first-order valence-electron chi connectivity index (χ1n) is 12.3. The topological polar surface area (TPSA) is 77.8 Å². The highest BCUT2D eigenvalue weighted by Gasteiger charge is 2.34. The molecule has 9 nitrogen and oxygen atoms in total. The van der Waals surface area contributed by atoms with E-state index in [1.807, 2.05) is 16.8 Å². The number of rotatable bonds is 7. The Morgan fingerprint density at radius 1 is 0.861 bits per heavy atom. The summed E-state index contributed by atoms with van der Waals surface area (Å²) in [6.07, 6.45) is 0. The van der Waals surface area contributed by atoms with Crippen molar-refractivity contribution in [2.75, 3.05) is 52.4 Å². The molecule has 36 heavy (non-hydrogen) atoms. The van der Waals surface area contributed by atoms with Crippen molar-refractivity contribution in [3.63, 3.8) is 0 Å². The van der Waals surface area contributed by atoms with Crippen molar-refractivity contribution in [2.45, 2.75) is 46.2 Å². The Kier molecular flexibility index (Phi) is 7.40. The van der Waals surface area contributed by atoms with Crippen LogP contribution in [0.1, 0.15) is 49.3 Å². The van der Waals surface area contributed by atoms with Crippen molar-refractivity contribution in [2.24, 2.45) is 0 Å². The van der Waals surface area contributed by atoms with Crippen LogP contribution in [0.5, 0.6) is 17.2 Å². The maximum absolute atomic E-state index is 5.68. The van der Waals surface area contributed by atoms with Gasteiger partial charge in [0, 0.05) is 31.9 Å². The van der Waals surface area contributed by atoms with Gasteiger partial charge in [-0.15, -0.1) is 5.10 Å². The maximum atomic E-state index is 5.68. The van der Waals surface area contributed by atoms with Crippen molar-refractivity contribution in [3.05, 3.63) is 52.8 Å². The predicted molar refractivity (Wildman–Crippen MR) is 140 cm³/mol. The third-order valence-corrected chi connectivity index (χ3v) is 6.76. The number of tetrazole rings is 1. The van der Waals surface area contributed by atoms with Gasteiger partial charge in [0.05, 0.1) is 32.9 Å². The van der Waals surface area contributed by atoms with Gasteiger partial charge in [0.25, 0.3) is 0 Å². The van der Waals surface area contributed by atoms with Gasteiger partial charge in [-0.3, -0.25) is 4.90 Å². The molecule has 3 aromatic rings. The van der Waals surface area contributed by atoms with Crippen molar-refractivity contribution >= 4 is 5.69 Å². The van der Waals surface area contributed by atoms with Crippen molar-refractivity contribution in [3.8, 4) is 17.2 Å². The standard InChI is InChI=1S/C27H38N6O3/c1-18-9-10-19(2)21(15-18)31-11-13-32(14-12-31)24(26-28-29-30-33(26)27(3,4)5)20-16-22(34-6)25(36-8)23(17-20)35-7/h9-10,15-17,24H,11-14H2,1-8H3/t24-/m1/s1. The first-order valence-corrected chi connectivity index (χ1v) is 12.3. The molecule has 1 fully saturated rings. The van der Waals surface area contributed by atoms with Gasteiger partial charge in [-0.05, 0) is 79.9 Å². The first kappa shape index (κ1) is 25.8. The van der Waals surface area contributed by atoms with Gasteiger partial charge < -0.3 is 19.1 Å². The fourth-order valence-electron chi connectivity index (χ4n) is 4.91. The zero-order valence-electron chi connectivity index (χ0n) is 22.7. The minimum Gasteiger partial charge on any atom is -0.493 e. The van der Waals surface area contributed by atoms with Gasteiger partial charge >= 0.3 is 0 Å². The lowest BCUT2D eigenvalue weighted by Gasteiger charge is -2.41. The van der Waals surface area contributed by atoms with Crippen LogP contribution in [-0.2, 0) is 5.54 Å². The summed E-state index contributed by atoms with van der Waals surface area (Å²) in [4.78, 5) is 4.91. The smallest absolute Gasteiger partial charge is 0.203 e. The molecule has 194 valence electrons. The molecule has 0 amide bonds. The lowest BCUT2D eigenvalue weighted by Crippen LogP contribution is -2.49. The van der Waals surface area contributed by atoms with Crippen LogP contribution in [0.25, 0.3) is 0 Å². The zero-order chi connectivity index (χ0) is 26.0. The lowest BCUT2D eigenvalue weighted by molar-refractivity contribution is 0.190. The van der Waals surface area contributed by atoms with Crippen LogP contribution in [0.2, 0.25) is 0 Å². The summed E-state index contributed by atoms with van der Waals surface area (Å²) in [6.45, 7) is 14.2. The van der Waals surface area contributed by atoms with E-state index in [1.54, 1.807) is 21.3 Å². The molecule has 2 aromatic carbocycles. The van der Waals surface area contributed by atoms with E-state index in [4.69, 9.17) is 14.2 Å². The summed E-state index contributed by atoms with van der Waals surface area (Å²) in [6, 6.07) is 10.5. The fourth-order valence-corrected chi connectivity index (χ4v) is 4.91. The van der Waals surface area contributed by atoms with Crippen molar-refractivity contribution < 1.29 is 14.2 Å². The highest BCUT2D eigenvalue weighted by atomic mass is 16.5. The van der Waals surface area contributed by atoms with E-state index in [-0.39, 0.29) is 11.6 Å². The molecule has 1 atom stereocenters.